The van der Waals surface area contributed by atoms with Crippen LogP contribution in [0.4, 0.5) is 16.2 Å². The molecule has 0 spiro atoms. The number of anilines is 2. The van der Waals surface area contributed by atoms with E-state index in [1.165, 1.54) is 20.8 Å². The van der Waals surface area contributed by atoms with E-state index in [0.717, 1.165) is 0 Å². The van der Waals surface area contributed by atoms with Crippen LogP contribution in [0, 0.1) is 17.2 Å². The van der Waals surface area contributed by atoms with Crippen molar-refractivity contribution < 1.29 is 23.9 Å². The first-order valence-corrected chi connectivity index (χ1v) is 15.2. The summed E-state index contributed by atoms with van der Waals surface area (Å²) in [7, 11) is 0. The van der Waals surface area contributed by atoms with E-state index < -0.39 is 29.4 Å². The number of esters is 1. The number of ether oxygens (including phenoxy) is 1. The van der Waals surface area contributed by atoms with E-state index >= 15 is 0 Å². The number of amides is 4. The van der Waals surface area contributed by atoms with Crippen LogP contribution in [0.25, 0.3) is 5.69 Å². The van der Waals surface area contributed by atoms with Gasteiger partial charge in [-0.1, -0.05) is 23.7 Å². The zero-order chi connectivity index (χ0) is 33.0. The van der Waals surface area contributed by atoms with Crippen LogP contribution in [-0.2, 0) is 25.5 Å². The molecule has 14 nitrogen and oxygen atoms in total. The average Bonchev–Trinajstić information content (AvgIpc) is 3.56. The summed E-state index contributed by atoms with van der Waals surface area (Å²) in [5, 5.41) is 23.5. The van der Waals surface area contributed by atoms with Gasteiger partial charge in [0.25, 0.3) is 0 Å². The molecule has 2 fully saturated rings. The lowest BCUT2D eigenvalue weighted by molar-refractivity contribution is -0.166. The minimum Gasteiger partial charge on any atom is -0.458 e. The minimum absolute atomic E-state index is 0.0297. The van der Waals surface area contributed by atoms with Gasteiger partial charge in [0.05, 0.1) is 17.4 Å². The number of nitrogens with zero attached hydrogens (tertiary/aromatic N) is 8. The van der Waals surface area contributed by atoms with Crippen molar-refractivity contribution >= 4 is 46.8 Å². The number of urea groups is 1. The van der Waals surface area contributed by atoms with Gasteiger partial charge < -0.3 is 24.8 Å². The van der Waals surface area contributed by atoms with E-state index in [0.29, 0.717) is 53.6 Å². The maximum atomic E-state index is 13.6. The number of hydrogen-bond donors (Lipinski definition) is 1. The number of tetrazole rings is 1. The first-order chi connectivity index (χ1) is 21.9. The number of likely N-dealkylation sites (tertiary alicyclic amines) is 1. The van der Waals surface area contributed by atoms with Crippen molar-refractivity contribution in [2.75, 3.05) is 36.4 Å². The lowest BCUT2D eigenvalue weighted by Gasteiger charge is -2.38. The third-order valence-electron chi connectivity index (χ3n) is 7.73. The van der Waals surface area contributed by atoms with Crippen LogP contribution in [0.1, 0.15) is 39.2 Å². The number of benzene rings is 2. The van der Waals surface area contributed by atoms with Crippen molar-refractivity contribution in [2.24, 2.45) is 5.92 Å². The predicted octanol–water partition coefficient (Wildman–Crippen LogP) is 3.21. The fraction of sp³-hybridized carbons (Fsp3) is 0.419. The lowest BCUT2D eigenvalue weighted by Crippen LogP contribution is -2.60. The number of halogens is 1. The monoisotopic (exact) mass is 647 g/mol. The van der Waals surface area contributed by atoms with Crippen LogP contribution in [-0.4, -0.2) is 91.6 Å². The van der Waals surface area contributed by atoms with Crippen LogP contribution in [0.2, 0.25) is 5.02 Å². The maximum absolute atomic E-state index is 13.6. The van der Waals surface area contributed by atoms with Gasteiger partial charge in [0.1, 0.15) is 18.0 Å². The summed E-state index contributed by atoms with van der Waals surface area (Å²) in [5.74, 6) is -2.38. The molecule has 0 radical (unpaired) electrons. The molecular formula is C31H34ClN9O5. The first-order valence-electron chi connectivity index (χ1n) is 14.9. The van der Waals surface area contributed by atoms with Crippen LogP contribution < -0.4 is 10.2 Å². The number of rotatable bonds is 7. The molecule has 46 heavy (non-hydrogen) atoms. The van der Waals surface area contributed by atoms with E-state index in [2.05, 4.69) is 26.9 Å². The second kappa shape index (κ2) is 13.5. The fourth-order valence-corrected chi connectivity index (χ4v) is 5.57. The number of carbonyl (C=O) groups excluding carboxylic acids is 4. The van der Waals surface area contributed by atoms with Gasteiger partial charge in [0.15, 0.2) is 0 Å². The van der Waals surface area contributed by atoms with Crippen LogP contribution in [0.3, 0.4) is 0 Å². The van der Waals surface area contributed by atoms with Crippen molar-refractivity contribution in [3.8, 4) is 11.8 Å². The van der Waals surface area contributed by atoms with E-state index in [9.17, 15) is 19.2 Å². The Balaban J connectivity index is 1.32. The Hall–Kier alpha value is -5.03. The Morgan fingerprint density at radius 3 is 2.39 bits per heavy atom. The molecule has 0 bridgehead atoms. The SMILES string of the molecule is CC(C)(C)OC(=O)C(Cc1ccc(NC(=O)N2CCC(C#N)CC2)cc1)N1CCN(c2cc(Cl)ccc2-n2cnnn2)C(=O)C1=O. The second-order valence-corrected chi connectivity index (χ2v) is 12.6. The first kappa shape index (κ1) is 32.4. The summed E-state index contributed by atoms with van der Waals surface area (Å²) in [6.45, 7) is 6.33. The molecule has 0 aliphatic carbocycles. The molecule has 2 aliphatic heterocycles. The molecule has 0 saturated carbocycles. The summed E-state index contributed by atoms with van der Waals surface area (Å²) in [6.07, 6.45) is 2.73. The number of carbonyl (C=O) groups is 4. The van der Waals surface area contributed by atoms with Gasteiger partial charge in [0, 0.05) is 49.2 Å². The van der Waals surface area contributed by atoms with E-state index in [-0.39, 0.29) is 31.5 Å². The Bertz CT molecular complexity index is 1640. The molecule has 1 atom stereocenters. The van der Waals surface area contributed by atoms with Crippen LogP contribution in [0.15, 0.2) is 48.8 Å². The summed E-state index contributed by atoms with van der Waals surface area (Å²) < 4.78 is 7.04. The zero-order valence-corrected chi connectivity index (χ0v) is 26.5. The Morgan fingerprint density at radius 2 is 1.76 bits per heavy atom. The molecule has 3 aromatic rings. The third kappa shape index (κ3) is 7.43. The molecule has 15 heteroatoms. The number of nitriles is 1. The molecule has 4 amide bonds. The quantitative estimate of drug-likeness (QED) is 0.299. The Morgan fingerprint density at radius 1 is 1.04 bits per heavy atom. The van der Waals surface area contributed by atoms with Crippen molar-refractivity contribution in [3.63, 3.8) is 0 Å². The summed E-state index contributed by atoms with van der Waals surface area (Å²) in [5.41, 5.74) is 1.22. The van der Waals surface area contributed by atoms with E-state index in [4.69, 9.17) is 21.6 Å². The molecule has 3 heterocycles. The molecule has 1 N–H and O–H groups in total. The largest absolute Gasteiger partial charge is 0.458 e. The highest BCUT2D eigenvalue weighted by Gasteiger charge is 2.42. The zero-order valence-electron chi connectivity index (χ0n) is 25.7. The molecule has 2 saturated heterocycles. The topological polar surface area (TPSA) is 167 Å². The fourth-order valence-electron chi connectivity index (χ4n) is 5.41. The average molecular weight is 648 g/mol. The van der Waals surface area contributed by atoms with Crippen molar-refractivity contribution in [3.05, 3.63) is 59.4 Å². The normalized spacial score (nSPS) is 16.6. The number of aromatic nitrogens is 4. The lowest BCUT2D eigenvalue weighted by atomic mass is 9.99. The maximum Gasteiger partial charge on any atom is 0.329 e. The van der Waals surface area contributed by atoms with Gasteiger partial charge in [-0.3, -0.25) is 9.59 Å². The number of hydrogen-bond acceptors (Lipinski definition) is 9. The van der Waals surface area contributed by atoms with Crippen LogP contribution >= 0.6 is 11.6 Å². The molecule has 5 rings (SSSR count). The van der Waals surface area contributed by atoms with Crippen molar-refractivity contribution in [1.82, 2.24) is 30.0 Å². The van der Waals surface area contributed by atoms with Gasteiger partial charge in [0.2, 0.25) is 0 Å². The van der Waals surface area contributed by atoms with E-state index in [1.807, 2.05) is 0 Å². The third-order valence-corrected chi connectivity index (χ3v) is 7.97. The summed E-state index contributed by atoms with van der Waals surface area (Å²) in [6, 6.07) is 12.7. The number of piperazine rings is 1. The standard InChI is InChI=1S/C31H34ClN9O5/c1-31(2,3)46-29(44)26(16-20-4-7-23(8-5-20)35-30(45)38-12-10-21(18-33)11-13-38)40-15-14-39(27(42)28(40)43)25-17-22(32)6-9-24(25)41-19-34-36-37-41/h4-9,17,19,21,26H,10-16H2,1-3H3,(H,35,45). The number of nitrogens with one attached hydrogen (secondary N) is 1. The highest BCUT2D eigenvalue weighted by atomic mass is 35.5. The molecule has 2 aromatic carbocycles. The van der Waals surface area contributed by atoms with Crippen molar-refractivity contribution in [1.29, 1.82) is 5.26 Å². The van der Waals surface area contributed by atoms with Gasteiger partial charge in [-0.25, -0.2) is 9.59 Å². The second-order valence-electron chi connectivity index (χ2n) is 12.1. The van der Waals surface area contributed by atoms with Gasteiger partial charge in [-0.2, -0.15) is 9.94 Å². The molecule has 1 aromatic heterocycles. The van der Waals surface area contributed by atoms with Crippen molar-refractivity contribution in [2.45, 2.75) is 51.7 Å². The Labute approximate surface area is 270 Å². The highest BCUT2D eigenvalue weighted by molar-refractivity contribution is 6.41. The number of piperidine rings is 1. The summed E-state index contributed by atoms with van der Waals surface area (Å²) >= 11 is 6.25. The molecular weight excluding hydrogens is 614 g/mol. The van der Waals surface area contributed by atoms with Gasteiger partial charge >= 0.3 is 23.8 Å². The molecule has 1 unspecified atom stereocenters. The van der Waals surface area contributed by atoms with E-state index in [1.54, 1.807) is 68.1 Å². The predicted molar refractivity (Wildman–Crippen MR) is 167 cm³/mol. The molecule has 240 valence electrons. The van der Waals surface area contributed by atoms with Crippen LogP contribution in [0.5, 0.6) is 0 Å². The smallest absolute Gasteiger partial charge is 0.329 e. The van der Waals surface area contributed by atoms with Gasteiger partial charge in [-0.05, 0) is 79.9 Å². The molecule has 2 aliphatic rings. The Kier molecular flexibility index (Phi) is 9.52. The summed E-state index contributed by atoms with van der Waals surface area (Å²) in [4.78, 5) is 57.6. The van der Waals surface area contributed by atoms with Gasteiger partial charge in [-0.15, -0.1) is 5.10 Å². The minimum atomic E-state index is -1.09. The highest BCUT2D eigenvalue weighted by Crippen LogP contribution is 2.30.